The third-order valence-electron chi connectivity index (χ3n) is 3.12. The molecule has 2 rings (SSSR count). The molecule has 0 aliphatic carbocycles. The molecular formula is C15H17BrN4OS. The molecule has 0 aliphatic rings. The number of anilines is 1. The Morgan fingerprint density at radius 1 is 1.27 bits per heavy atom. The molecular weight excluding hydrogens is 364 g/mol. The van der Waals surface area contributed by atoms with Crippen molar-refractivity contribution in [2.24, 2.45) is 11.7 Å². The van der Waals surface area contributed by atoms with Gasteiger partial charge in [0, 0.05) is 15.1 Å². The highest BCUT2D eigenvalue weighted by molar-refractivity contribution is 9.10. The predicted molar refractivity (Wildman–Crippen MR) is 94.3 cm³/mol. The lowest BCUT2D eigenvalue weighted by Crippen LogP contribution is -2.47. The zero-order valence-electron chi connectivity index (χ0n) is 12.0. The van der Waals surface area contributed by atoms with E-state index in [4.69, 9.17) is 11.7 Å². The van der Waals surface area contributed by atoms with E-state index in [0.717, 1.165) is 25.7 Å². The lowest BCUT2D eigenvalue weighted by atomic mass is 10.2. The second kappa shape index (κ2) is 7.64. The van der Waals surface area contributed by atoms with Crippen molar-refractivity contribution in [2.45, 2.75) is 17.6 Å². The van der Waals surface area contributed by atoms with Crippen LogP contribution in [0.3, 0.4) is 0 Å². The van der Waals surface area contributed by atoms with Crippen LogP contribution in [0.15, 0.2) is 51.8 Å². The van der Waals surface area contributed by atoms with Crippen LogP contribution in [0.25, 0.3) is 0 Å². The molecule has 0 aromatic heterocycles. The number of urea groups is 1. The van der Waals surface area contributed by atoms with Gasteiger partial charge in [-0.3, -0.25) is 5.43 Å². The fourth-order valence-electron chi connectivity index (χ4n) is 1.96. The standard InChI is InChI=1S/C15H17BrN4OS/c1-10-5-4-8-13(20(18)15(21)19-17)14(10)22-9-11-6-2-3-7-12(11)16/h2-8H,9,17-18H2,1H3,(H,19,21). The molecule has 116 valence electrons. The van der Waals surface area contributed by atoms with Crippen LogP contribution in [0, 0.1) is 6.92 Å². The largest absolute Gasteiger partial charge is 0.350 e. The van der Waals surface area contributed by atoms with Crippen molar-refractivity contribution in [1.29, 1.82) is 0 Å². The van der Waals surface area contributed by atoms with E-state index in [0.29, 0.717) is 5.69 Å². The van der Waals surface area contributed by atoms with Crippen LogP contribution in [-0.2, 0) is 5.75 Å². The lowest BCUT2D eigenvalue weighted by Gasteiger charge is -2.20. The van der Waals surface area contributed by atoms with E-state index in [2.05, 4.69) is 22.0 Å². The molecule has 7 heteroatoms. The molecule has 2 amide bonds. The van der Waals surface area contributed by atoms with Gasteiger partial charge in [0.2, 0.25) is 0 Å². The zero-order chi connectivity index (χ0) is 16.1. The number of carbonyl (C=O) groups is 1. The van der Waals surface area contributed by atoms with E-state index < -0.39 is 6.03 Å². The highest BCUT2D eigenvalue weighted by atomic mass is 79.9. The first-order chi connectivity index (χ1) is 10.5. The van der Waals surface area contributed by atoms with Crippen LogP contribution in [0.2, 0.25) is 0 Å². The molecule has 0 spiro atoms. The topological polar surface area (TPSA) is 84.4 Å². The maximum absolute atomic E-state index is 11.7. The van der Waals surface area contributed by atoms with Gasteiger partial charge in [0.15, 0.2) is 0 Å². The molecule has 5 N–H and O–H groups in total. The van der Waals surface area contributed by atoms with Crippen molar-refractivity contribution in [1.82, 2.24) is 5.43 Å². The monoisotopic (exact) mass is 380 g/mol. The van der Waals surface area contributed by atoms with E-state index in [1.807, 2.05) is 42.7 Å². The number of thioether (sulfide) groups is 1. The van der Waals surface area contributed by atoms with Crippen molar-refractivity contribution in [3.05, 3.63) is 58.1 Å². The molecule has 22 heavy (non-hydrogen) atoms. The Hall–Kier alpha value is -1.54. The number of hydrogen-bond acceptors (Lipinski definition) is 4. The van der Waals surface area contributed by atoms with Gasteiger partial charge in [-0.2, -0.15) is 0 Å². The van der Waals surface area contributed by atoms with Crippen molar-refractivity contribution in [3.63, 3.8) is 0 Å². The van der Waals surface area contributed by atoms with Gasteiger partial charge in [-0.05, 0) is 30.2 Å². The van der Waals surface area contributed by atoms with Gasteiger partial charge in [-0.15, -0.1) is 11.8 Å². The Morgan fingerprint density at radius 2 is 2.00 bits per heavy atom. The van der Waals surface area contributed by atoms with Crippen LogP contribution in [0.4, 0.5) is 10.5 Å². The highest BCUT2D eigenvalue weighted by Gasteiger charge is 2.16. The minimum atomic E-state index is -0.562. The minimum absolute atomic E-state index is 0.562. The number of amides is 2. The molecule has 0 aliphatic heterocycles. The fourth-order valence-corrected chi connectivity index (χ4v) is 3.73. The quantitative estimate of drug-likeness (QED) is 0.328. The predicted octanol–water partition coefficient (Wildman–Crippen LogP) is 3.31. The Labute approximate surface area is 142 Å². The number of benzene rings is 2. The fraction of sp³-hybridized carbons (Fsp3) is 0.133. The van der Waals surface area contributed by atoms with Gasteiger partial charge >= 0.3 is 6.03 Å². The van der Waals surface area contributed by atoms with E-state index in [-0.39, 0.29) is 0 Å². The number of nitrogens with one attached hydrogen (secondary N) is 1. The average molecular weight is 381 g/mol. The minimum Gasteiger partial charge on any atom is -0.274 e. The molecule has 0 bridgehead atoms. The molecule has 2 aromatic rings. The van der Waals surface area contributed by atoms with Gasteiger partial charge in [0.1, 0.15) is 0 Å². The number of aryl methyl sites for hydroxylation is 1. The number of nitrogens with zero attached hydrogens (tertiary/aromatic N) is 1. The number of carbonyl (C=O) groups excluding carboxylic acids is 1. The van der Waals surface area contributed by atoms with E-state index in [1.165, 1.54) is 5.56 Å². The van der Waals surface area contributed by atoms with Crippen LogP contribution < -0.4 is 22.1 Å². The van der Waals surface area contributed by atoms with Gasteiger partial charge < -0.3 is 0 Å². The second-order valence-corrected chi connectivity index (χ2v) is 6.46. The number of hydrogen-bond donors (Lipinski definition) is 3. The molecule has 0 atom stereocenters. The molecule has 0 fully saturated rings. The molecule has 0 heterocycles. The number of halogens is 1. The van der Waals surface area contributed by atoms with Crippen molar-refractivity contribution in [3.8, 4) is 0 Å². The highest BCUT2D eigenvalue weighted by Crippen LogP contribution is 2.35. The summed E-state index contributed by atoms with van der Waals surface area (Å²) >= 11 is 5.17. The van der Waals surface area contributed by atoms with Gasteiger partial charge in [-0.25, -0.2) is 21.5 Å². The molecule has 2 aromatic carbocycles. The number of hydrazine groups is 2. The second-order valence-electron chi connectivity index (χ2n) is 4.62. The summed E-state index contributed by atoms with van der Waals surface area (Å²) in [6.07, 6.45) is 0. The Kier molecular flexibility index (Phi) is 5.84. The van der Waals surface area contributed by atoms with Gasteiger partial charge in [0.05, 0.1) is 5.69 Å². The average Bonchev–Trinajstić information content (AvgIpc) is 2.53. The zero-order valence-corrected chi connectivity index (χ0v) is 14.4. The molecule has 0 saturated heterocycles. The maximum atomic E-state index is 11.7. The number of nitrogens with two attached hydrogens (primary N) is 2. The van der Waals surface area contributed by atoms with E-state index >= 15 is 0 Å². The van der Waals surface area contributed by atoms with Crippen molar-refractivity contribution in [2.75, 3.05) is 5.01 Å². The maximum Gasteiger partial charge on any atom is 0.350 e. The summed E-state index contributed by atoms with van der Waals surface area (Å²) in [4.78, 5) is 12.6. The first-order valence-corrected chi connectivity index (χ1v) is 8.33. The summed E-state index contributed by atoms with van der Waals surface area (Å²) in [7, 11) is 0. The van der Waals surface area contributed by atoms with Crippen molar-refractivity contribution < 1.29 is 4.79 Å². The molecule has 5 nitrogen and oxygen atoms in total. The third kappa shape index (κ3) is 3.80. The SMILES string of the molecule is Cc1cccc(N(N)C(=O)NN)c1SCc1ccccc1Br. The molecule has 0 unspecified atom stereocenters. The summed E-state index contributed by atoms with van der Waals surface area (Å²) in [5, 5.41) is 1.02. The number of rotatable bonds is 4. The third-order valence-corrected chi connectivity index (χ3v) is 5.17. The van der Waals surface area contributed by atoms with Crippen LogP contribution in [0.5, 0.6) is 0 Å². The first-order valence-electron chi connectivity index (χ1n) is 6.55. The Bertz CT molecular complexity index is 680. The first kappa shape index (κ1) is 16.8. The lowest BCUT2D eigenvalue weighted by molar-refractivity contribution is 0.246. The summed E-state index contributed by atoms with van der Waals surface area (Å²) in [5.74, 6) is 11.7. The molecule has 0 radical (unpaired) electrons. The van der Waals surface area contributed by atoms with E-state index in [9.17, 15) is 4.79 Å². The van der Waals surface area contributed by atoms with E-state index in [1.54, 1.807) is 17.8 Å². The van der Waals surface area contributed by atoms with Crippen LogP contribution in [0.1, 0.15) is 11.1 Å². The smallest absolute Gasteiger partial charge is 0.274 e. The van der Waals surface area contributed by atoms with Gasteiger partial charge in [0.25, 0.3) is 0 Å². The summed E-state index contributed by atoms with van der Waals surface area (Å²) in [6, 6.07) is 13.1. The van der Waals surface area contributed by atoms with Crippen molar-refractivity contribution >= 4 is 39.4 Å². The van der Waals surface area contributed by atoms with Crippen LogP contribution in [-0.4, -0.2) is 6.03 Å². The summed E-state index contributed by atoms with van der Waals surface area (Å²) < 4.78 is 1.06. The Morgan fingerprint density at radius 3 is 2.68 bits per heavy atom. The normalized spacial score (nSPS) is 10.4. The molecule has 0 saturated carbocycles. The summed E-state index contributed by atoms with van der Waals surface area (Å²) in [5.41, 5.74) is 4.89. The van der Waals surface area contributed by atoms with Gasteiger partial charge in [-0.1, -0.05) is 46.3 Å². The van der Waals surface area contributed by atoms with Crippen LogP contribution >= 0.6 is 27.7 Å². The summed E-state index contributed by atoms with van der Waals surface area (Å²) in [6.45, 7) is 1.99. The Balaban J connectivity index is 2.27.